The van der Waals surface area contributed by atoms with Crippen LogP contribution >= 0.6 is 0 Å². The van der Waals surface area contributed by atoms with Gasteiger partial charge in [0, 0.05) is 16.8 Å². The van der Waals surface area contributed by atoms with E-state index in [1.165, 1.54) is 38.5 Å². The molecule has 1 amide bonds. The Morgan fingerprint density at radius 3 is 2.29 bits per heavy atom. The van der Waals surface area contributed by atoms with E-state index in [-0.39, 0.29) is 11.6 Å². The molecule has 34 heavy (non-hydrogen) atoms. The van der Waals surface area contributed by atoms with Crippen LogP contribution in [0.5, 0.6) is 11.5 Å². The molecule has 172 valence electrons. The van der Waals surface area contributed by atoms with Crippen LogP contribution in [0.4, 0.5) is 14.5 Å². The van der Waals surface area contributed by atoms with Gasteiger partial charge in [0.2, 0.25) is 5.90 Å². The molecule has 0 aliphatic carbocycles. The predicted molar refractivity (Wildman–Crippen MR) is 121 cm³/mol. The van der Waals surface area contributed by atoms with E-state index in [1.807, 2.05) is 0 Å². The summed E-state index contributed by atoms with van der Waals surface area (Å²) in [6.45, 7) is 0. The van der Waals surface area contributed by atoms with Crippen LogP contribution in [0.1, 0.15) is 21.5 Å². The maximum Gasteiger partial charge on any atom is 0.363 e. The number of benzene rings is 3. The lowest BCUT2D eigenvalue weighted by Crippen LogP contribution is -2.16. The number of rotatable bonds is 6. The third kappa shape index (κ3) is 4.49. The maximum atomic E-state index is 13.8. The highest BCUT2D eigenvalue weighted by Crippen LogP contribution is 2.33. The van der Waals surface area contributed by atoms with Crippen LogP contribution in [-0.4, -0.2) is 32.0 Å². The number of nitrogens with one attached hydrogen (secondary N) is 1. The quantitative estimate of drug-likeness (QED) is 0.426. The maximum absolute atomic E-state index is 13.8. The first-order valence-corrected chi connectivity index (χ1v) is 10.0. The summed E-state index contributed by atoms with van der Waals surface area (Å²) in [6, 6.07) is 14.5. The van der Waals surface area contributed by atoms with Crippen molar-refractivity contribution in [2.75, 3.05) is 19.5 Å². The van der Waals surface area contributed by atoms with Crippen LogP contribution in [0.3, 0.4) is 0 Å². The van der Waals surface area contributed by atoms with Gasteiger partial charge in [-0.05, 0) is 48.5 Å². The molecule has 0 saturated heterocycles. The second-order valence-corrected chi connectivity index (χ2v) is 7.05. The minimum absolute atomic E-state index is 0.0639. The molecule has 0 aromatic heterocycles. The molecule has 0 saturated carbocycles. The third-order valence-electron chi connectivity index (χ3n) is 4.93. The van der Waals surface area contributed by atoms with Gasteiger partial charge in [-0.15, -0.1) is 0 Å². The zero-order valence-corrected chi connectivity index (χ0v) is 18.1. The largest absolute Gasteiger partial charge is 0.493 e. The fraction of sp³-hybridized carbons (Fsp3) is 0.0800. The first kappa shape index (κ1) is 22.7. The molecule has 7 nitrogen and oxygen atoms in total. The number of para-hydroxylation sites is 1. The Balaban J connectivity index is 1.55. The molecule has 3 aromatic carbocycles. The second kappa shape index (κ2) is 9.53. The molecule has 1 aliphatic heterocycles. The van der Waals surface area contributed by atoms with E-state index in [4.69, 9.17) is 14.2 Å². The summed E-state index contributed by atoms with van der Waals surface area (Å²) >= 11 is 0. The van der Waals surface area contributed by atoms with Crippen molar-refractivity contribution in [3.8, 4) is 11.5 Å². The van der Waals surface area contributed by atoms with Crippen LogP contribution in [0, 0.1) is 11.6 Å². The number of anilines is 1. The molecular formula is C25H18F2N2O5. The van der Waals surface area contributed by atoms with E-state index in [9.17, 15) is 18.4 Å². The number of carbonyl (C=O) groups excluding carboxylic acids is 2. The Hall–Kier alpha value is -4.53. The number of nitrogens with zero attached hydrogens (tertiary/aromatic N) is 1. The molecule has 1 heterocycles. The summed E-state index contributed by atoms with van der Waals surface area (Å²) in [6.07, 6.45) is 1.52. The number of amides is 1. The second-order valence-electron chi connectivity index (χ2n) is 7.05. The van der Waals surface area contributed by atoms with Gasteiger partial charge >= 0.3 is 5.97 Å². The molecule has 0 unspecified atom stereocenters. The highest BCUT2D eigenvalue weighted by atomic mass is 19.1. The minimum Gasteiger partial charge on any atom is -0.493 e. The molecule has 9 heteroatoms. The van der Waals surface area contributed by atoms with Gasteiger partial charge in [0.25, 0.3) is 5.91 Å². The van der Waals surface area contributed by atoms with Crippen LogP contribution < -0.4 is 14.8 Å². The van der Waals surface area contributed by atoms with Crippen LogP contribution in [-0.2, 0) is 9.53 Å². The number of aliphatic imine (C=N–C) groups is 1. The van der Waals surface area contributed by atoms with E-state index in [2.05, 4.69) is 10.3 Å². The van der Waals surface area contributed by atoms with Crippen molar-refractivity contribution in [1.29, 1.82) is 0 Å². The van der Waals surface area contributed by atoms with Gasteiger partial charge in [-0.1, -0.05) is 18.2 Å². The Morgan fingerprint density at radius 1 is 0.971 bits per heavy atom. The average molecular weight is 464 g/mol. The molecule has 0 radical (unpaired) electrons. The standard InChI is InChI=1S/C25H18F2N2O5/c1-32-20-8-3-5-15(22(20)33-2)13-19-25(31)34-24(29-19)14-9-11-16(12-10-14)28-23(30)21-17(26)6-4-7-18(21)27/h3-13H,1-2H3,(H,28,30)/b19-13+. The van der Waals surface area contributed by atoms with Crippen molar-refractivity contribution >= 4 is 29.5 Å². The number of carbonyl (C=O) groups is 2. The van der Waals surface area contributed by atoms with Crippen molar-refractivity contribution in [3.63, 3.8) is 0 Å². The van der Waals surface area contributed by atoms with E-state index in [1.54, 1.807) is 30.3 Å². The lowest BCUT2D eigenvalue weighted by Gasteiger charge is -2.09. The van der Waals surface area contributed by atoms with Gasteiger partial charge in [0.05, 0.1) is 14.2 Å². The van der Waals surface area contributed by atoms with Crippen molar-refractivity contribution in [2.24, 2.45) is 4.99 Å². The number of hydrogen-bond donors (Lipinski definition) is 1. The fourth-order valence-electron chi connectivity index (χ4n) is 3.31. The molecule has 4 rings (SSSR count). The Morgan fingerprint density at radius 2 is 1.65 bits per heavy atom. The normalized spacial score (nSPS) is 13.9. The first-order valence-electron chi connectivity index (χ1n) is 10.0. The van der Waals surface area contributed by atoms with Crippen LogP contribution in [0.2, 0.25) is 0 Å². The molecule has 1 N–H and O–H groups in total. The topological polar surface area (TPSA) is 86.2 Å². The molecule has 1 aliphatic rings. The number of halogens is 2. The zero-order chi connectivity index (χ0) is 24.2. The van der Waals surface area contributed by atoms with Crippen LogP contribution in [0.25, 0.3) is 6.08 Å². The van der Waals surface area contributed by atoms with Crippen LogP contribution in [0.15, 0.2) is 71.4 Å². The Bertz CT molecular complexity index is 1310. The van der Waals surface area contributed by atoms with Gasteiger partial charge < -0.3 is 19.5 Å². The zero-order valence-electron chi connectivity index (χ0n) is 18.1. The smallest absolute Gasteiger partial charge is 0.363 e. The summed E-state index contributed by atoms with van der Waals surface area (Å²) < 4.78 is 43.5. The van der Waals surface area contributed by atoms with Crippen molar-refractivity contribution in [3.05, 3.63) is 94.7 Å². The lowest BCUT2D eigenvalue weighted by atomic mass is 10.1. The monoisotopic (exact) mass is 464 g/mol. The van der Waals surface area contributed by atoms with Crippen molar-refractivity contribution in [2.45, 2.75) is 0 Å². The molecule has 3 aromatic rings. The summed E-state index contributed by atoms with van der Waals surface area (Å²) in [4.78, 5) is 28.8. The van der Waals surface area contributed by atoms with E-state index in [0.717, 1.165) is 12.1 Å². The first-order chi connectivity index (χ1) is 16.4. The number of methoxy groups -OCH3 is 2. The Labute approximate surface area is 193 Å². The summed E-state index contributed by atoms with van der Waals surface area (Å²) in [7, 11) is 3.00. The fourth-order valence-corrected chi connectivity index (χ4v) is 3.31. The van der Waals surface area contributed by atoms with Gasteiger partial charge in [0.1, 0.15) is 17.2 Å². The highest BCUT2D eigenvalue weighted by Gasteiger charge is 2.25. The molecule has 0 fully saturated rings. The molecule has 0 bridgehead atoms. The van der Waals surface area contributed by atoms with Gasteiger partial charge in [-0.3, -0.25) is 4.79 Å². The van der Waals surface area contributed by atoms with E-state index < -0.39 is 29.1 Å². The predicted octanol–water partition coefficient (Wildman–Crippen LogP) is 4.58. The van der Waals surface area contributed by atoms with Gasteiger partial charge in [-0.25, -0.2) is 18.6 Å². The van der Waals surface area contributed by atoms with Gasteiger partial charge in [-0.2, -0.15) is 0 Å². The third-order valence-corrected chi connectivity index (χ3v) is 4.93. The van der Waals surface area contributed by atoms with Crippen molar-refractivity contribution in [1.82, 2.24) is 0 Å². The highest BCUT2D eigenvalue weighted by molar-refractivity contribution is 6.13. The van der Waals surface area contributed by atoms with Crippen molar-refractivity contribution < 1.29 is 32.6 Å². The molecular weight excluding hydrogens is 446 g/mol. The average Bonchev–Trinajstić information content (AvgIpc) is 3.19. The Kier molecular flexibility index (Phi) is 6.35. The number of esters is 1. The SMILES string of the molecule is COc1cccc(/C=C2/N=C(c3ccc(NC(=O)c4c(F)cccc4F)cc3)OC2=O)c1OC. The number of ether oxygens (including phenoxy) is 3. The number of hydrogen-bond acceptors (Lipinski definition) is 6. The minimum atomic E-state index is -0.965. The summed E-state index contributed by atoms with van der Waals surface area (Å²) in [5.41, 5.74) is 0.720. The molecule has 0 spiro atoms. The summed E-state index contributed by atoms with van der Waals surface area (Å²) in [5, 5.41) is 2.43. The van der Waals surface area contributed by atoms with E-state index >= 15 is 0 Å². The van der Waals surface area contributed by atoms with Gasteiger partial charge in [0.15, 0.2) is 17.2 Å². The number of cyclic esters (lactones) is 1. The summed E-state index contributed by atoms with van der Waals surface area (Å²) in [5.74, 6) is -2.49. The molecule has 0 atom stereocenters. The van der Waals surface area contributed by atoms with E-state index in [0.29, 0.717) is 28.3 Å². The lowest BCUT2D eigenvalue weighted by molar-refractivity contribution is -0.129.